The quantitative estimate of drug-likeness (QED) is 0.0153. The first-order valence-corrected chi connectivity index (χ1v) is 24.2. The Labute approximate surface area is 351 Å². The normalized spacial score (nSPS) is 20.1. The Morgan fingerprint density at radius 1 is 0.621 bits per heavy atom. The Hall–Kier alpha value is -2.09. The highest BCUT2D eigenvalue weighted by Crippen LogP contribution is 2.24. The van der Waals surface area contributed by atoms with Crippen LogP contribution in [0.15, 0.2) is 30.0 Å². The summed E-state index contributed by atoms with van der Waals surface area (Å²) < 4.78 is 54.0. The lowest BCUT2D eigenvalue weighted by atomic mass is 10.00. The summed E-state index contributed by atoms with van der Waals surface area (Å²) in [6.07, 6.45) is 27.3. The summed E-state index contributed by atoms with van der Waals surface area (Å²) in [5.41, 5.74) is 3.28. The molecule has 1 saturated heterocycles. The van der Waals surface area contributed by atoms with Crippen molar-refractivity contribution in [3.8, 4) is 0 Å². The van der Waals surface area contributed by atoms with E-state index in [1.165, 1.54) is 96.3 Å². The van der Waals surface area contributed by atoms with E-state index in [2.05, 4.69) is 37.8 Å². The number of aliphatic hydroxyl groups is 3. The van der Waals surface area contributed by atoms with E-state index in [1.54, 1.807) is 0 Å². The Morgan fingerprint density at radius 2 is 1.12 bits per heavy atom. The van der Waals surface area contributed by atoms with Crippen LogP contribution in [0.5, 0.6) is 0 Å². The van der Waals surface area contributed by atoms with Gasteiger partial charge >= 0.3 is 11.9 Å². The van der Waals surface area contributed by atoms with Crippen LogP contribution in [-0.4, -0.2) is 96.0 Å². The Morgan fingerprint density at radius 3 is 1.67 bits per heavy atom. The second-order valence-electron chi connectivity index (χ2n) is 15.8. The Kier molecular flexibility index (Phi) is 33.1. The van der Waals surface area contributed by atoms with Gasteiger partial charge in [-0.2, -0.15) is 8.42 Å². The van der Waals surface area contributed by atoms with E-state index < -0.39 is 71.2 Å². The second-order valence-corrected chi connectivity index (χ2v) is 17.3. The third-order valence-electron chi connectivity index (χ3n) is 10.3. The summed E-state index contributed by atoms with van der Waals surface area (Å²) in [4.78, 5) is 25.3. The number of carbonyl (C=O) groups excluding carboxylic acids is 2. The predicted molar refractivity (Wildman–Crippen MR) is 228 cm³/mol. The molecule has 0 amide bonds. The molecule has 0 aromatic rings. The van der Waals surface area contributed by atoms with E-state index in [-0.39, 0.29) is 19.4 Å². The molecule has 1 fully saturated rings. The molecule has 1 aliphatic rings. The third-order valence-corrected chi connectivity index (χ3v) is 11.0. The van der Waals surface area contributed by atoms with Crippen LogP contribution in [0.25, 0.3) is 0 Å². The minimum Gasteiger partial charge on any atom is -0.462 e. The summed E-state index contributed by atoms with van der Waals surface area (Å²) in [6.45, 7) is 3.69. The average molecular weight is 845 g/mol. The van der Waals surface area contributed by atoms with Gasteiger partial charge in [0, 0.05) is 12.8 Å². The maximum Gasteiger partial charge on any atom is 0.306 e. The van der Waals surface area contributed by atoms with Gasteiger partial charge in [-0.15, -0.1) is 5.73 Å². The smallest absolute Gasteiger partial charge is 0.306 e. The predicted octanol–water partition coefficient (Wildman–Crippen LogP) is 8.99. The molecule has 0 radical (unpaired) electrons. The van der Waals surface area contributed by atoms with Crippen molar-refractivity contribution in [2.45, 2.75) is 224 Å². The first-order valence-electron chi connectivity index (χ1n) is 22.6. The minimum absolute atomic E-state index is 0.0777. The molecular weight excluding hydrogens is 765 g/mol. The molecule has 1 heterocycles. The van der Waals surface area contributed by atoms with Crippen molar-refractivity contribution in [1.29, 1.82) is 0 Å². The average Bonchev–Trinajstić information content (AvgIpc) is 3.18. The SMILES string of the molecule is CCCCCCCC=C=CCCCCCCCC(=O)OC[C@H](CO[C@H]1O[C@H](CS(=O)(=O)O)[C@@H](O)C(O)C1O)OC(=O)CC/C=C/CCCCCCCCCCCCC. The summed E-state index contributed by atoms with van der Waals surface area (Å²) in [6, 6.07) is 0. The van der Waals surface area contributed by atoms with Gasteiger partial charge in [-0.1, -0.05) is 135 Å². The molecule has 0 aliphatic carbocycles. The summed E-state index contributed by atoms with van der Waals surface area (Å²) >= 11 is 0. The summed E-state index contributed by atoms with van der Waals surface area (Å²) in [7, 11) is -4.61. The fourth-order valence-corrected chi connectivity index (χ4v) is 7.42. The molecule has 0 spiro atoms. The number of allylic oxidation sites excluding steroid dienone is 3. The Bertz CT molecular complexity index is 1230. The first kappa shape index (κ1) is 53.9. The van der Waals surface area contributed by atoms with Crippen molar-refractivity contribution < 1.29 is 56.8 Å². The van der Waals surface area contributed by atoms with Crippen LogP contribution in [-0.2, 0) is 38.7 Å². The van der Waals surface area contributed by atoms with Gasteiger partial charge in [0.05, 0.1) is 6.61 Å². The molecule has 1 rings (SSSR count). The van der Waals surface area contributed by atoms with Gasteiger partial charge in [0.2, 0.25) is 0 Å². The van der Waals surface area contributed by atoms with Crippen molar-refractivity contribution in [1.82, 2.24) is 0 Å². The summed E-state index contributed by atoms with van der Waals surface area (Å²) in [5.74, 6) is -2.06. The molecule has 0 saturated carbocycles. The molecule has 4 N–H and O–H groups in total. The molecule has 58 heavy (non-hydrogen) atoms. The molecule has 12 nitrogen and oxygen atoms in total. The van der Waals surface area contributed by atoms with Gasteiger partial charge in [0.15, 0.2) is 12.4 Å². The van der Waals surface area contributed by atoms with Gasteiger partial charge in [0.25, 0.3) is 10.1 Å². The van der Waals surface area contributed by atoms with E-state index >= 15 is 0 Å². The van der Waals surface area contributed by atoms with Crippen molar-refractivity contribution in [2.75, 3.05) is 19.0 Å². The van der Waals surface area contributed by atoms with E-state index in [9.17, 15) is 37.9 Å². The number of hydrogen-bond acceptors (Lipinski definition) is 11. The van der Waals surface area contributed by atoms with Crippen LogP contribution < -0.4 is 0 Å². The van der Waals surface area contributed by atoms with Crippen LogP contribution in [0.4, 0.5) is 0 Å². The maximum atomic E-state index is 12.8. The van der Waals surface area contributed by atoms with Gasteiger partial charge in [0.1, 0.15) is 36.8 Å². The zero-order valence-corrected chi connectivity index (χ0v) is 36.8. The minimum atomic E-state index is -4.61. The zero-order valence-electron chi connectivity index (χ0n) is 35.9. The standard InChI is InChI=1S/C45H80O12S/c1-3-5-7-9-11-13-15-17-19-21-23-25-27-29-31-33-40(46)54-35-38(36-55-45-44(50)43(49)42(48)39(57-45)37-58(51,52)53)56-41(47)34-32-30-28-26-24-22-20-18-16-14-12-10-8-6-4-2/h15,19,28,30,38-39,42-45,48-50H,3-14,16,18,20-27,29,31-37H2,1-2H3,(H,51,52,53)/b30-28+/t17?,38-,39-,42-,43?,44?,45+/m1/s1. The van der Waals surface area contributed by atoms with Crippen LogP contribution >= 0.6 is 0 Å². The van der Waals surface area contributed by atoms with Crippen molar-refractivity contribution in [3.63, 3.8) is 0 Å². The lowest BCUT2D eigenvalue weighted by molar-refractivity contribution is -0.297. The molecule has 2 unspecified atom stereocenters. The number of hydrogen-bond donors (Lipinski definition) is 4. The molecule has 0 aromatic heterocycles. The fraction of sp³-hybridized carbons (Fsp3) is 0.844. The topological polar surface area (TPSA) is 186 Å². The largest absolute Gasteiger partial charge is 0.462 e. The molecular formula is C45H80O12S. The third kappa shape index (κ3) is 30.0. The highest BCUT2D eigenvalue weighted by Gasteiger charge is 2.46. The first-order chi connectivity index (χ1) is 28.0. The van der Waals surface area contributed by atoms with Crippen molar-refractivity contribution in [3.05, 3.63) is 30.0 Å². The number of esters is 2. The van der Waals surface area contributed by atoms with Crippen LogP contribution in [0.3, 0.4) is 0 Å². The fourth-order valence-electron chi connectivity index (χ4n) is 6.73. The monoisotopic (exact) mass is 845 g/mol. The molecule has 1 aliphatic heterocycles. The van der Waals surface area contributed by atoms with E-state index in [1.807, 2.05) is 6.08 Å². The van der Waals surface area contributed by atoms with Crippen molar-refractivity contribution in [2.24, 2.45) is 0 Å². The van der Waals surface area contributed by atoms with Crippen LogP contribution in [0, 0.1) is 0 Å². The number of aliphatic hydroxyl groups excluding tert-OH is 3. The highest BCUT2D eigenvalue weighted by atomic mass is 32.2. The number of unbranched alkanes of at least 4 members (excludes halogenated alkanes) is 21. The van der Waals surface area contributed by atoms with Gasteiger partial charge < -0.3 is 34.3 Å². The lowest BCUT2D eigenvalue weighted by Gasteiger charge is -2.40. The second kappa shape index (κ2) is 35.6. The lowest BCUT2D eigenvalue weighted by Crippen LogP contribution is -2.60. The van der Waals surface area contributed by atoms with Gasteiger partial charge in [-0.3, -0.25) is 14.1 Å². The highest BCUT2D eigenvalue weighted by molar-refractivity contribution is 7.85. The summed E-state index contributed by atoms with van der Waals surface area (Å²) in [5, 5.41) is 30.8. The number of carbonyl (C=O) groups is 2. The van der Waals surface area contributed by atoms with Crippen LogP contribution in [0.2, 0.25) is 0 Å². The van der Waals surface area contributed by atoms with Crippen molar-refractivity contribution >= 4 is 22.1 Å². The van der Waals surface area contributed by atoms with Crippen LogP contribution in [0.1, 0.15) is 187 Å². The van der Waals surface area contributed by atoms with E-state index in [4.69, 9.17) is 18.9 Å². The van der Waals surface area contributed by atoms with E-state index in [0.29, 0.717) is 12.8 Å². The number of rotatable bonds is 37. The molecule has 338 valence electrons. The van der Waals surface area contributed by atoms with Gasteiger partial charge in [-0.25, -0.2) is 0 Å². The molecule has 13 heteroatoms. The van der Waals surface area contributed by atoms with E-state index in [0.717, 1.165) is 51.4 Å². The molecule has 0 aromatic carbocycles. The molecule has 6 atom stereocenters. The Balaban J connectivity index is 2.49. The zero-order chi connectivity index (χ0) is 42.7. The number of ether oxygens (including phenoxy) is 4. The van der Waals surface area contributed by atoms with Gasteiger partial charge in [-0.05, 0) is 63.5 Å². The maximum absolute atomic E-state index is 12.8. The molecule has 0 bridgehead atoms.